The lowest BCUT2D eigenvalue weighted by Crippen LogP contribution is -2.32. The van der Waals surface area contributed by atoms with Gasteiger partial charge in [-0.25, -0.2) is 0 Å². The summed E-state index contributed by atoms with van der Waals surface area (Å²) in [5.74, 6) is 7.12. The minimum atomic E-state index is -0.736. The highest BCUT2D eigenvalue weighted by molar-refractivity contribution is 5.82. The number of aliphatic hydroxyl groups excluding tert-OH is 1. The number of hydrogen-bond donors (Lipinski definition) is 2. The molecule has 2 N–H and O–H groups in total. The lowest BCUT2D eigenvalue weighted by molar-refractivity contribution is 0.0200. The number of fused-ring (bicyclic) bond motifs is 7. The van der Waals surface area contributed by atoms with Crippen LogP contribution < -0.4 is 18.9 Å². The fraction of sp³-hybridized carbons (Fsp3) is 0.459. The molecule has 0 radical (unpaired) electrons. The van der Waals surface area contributed by atoms with Gasteiger partial charge in [0.25, 0.3) is 0 Å². The van der Waals surface area contributed by atoms with E-state index in [0.717, 1.165) is 95.4 Å². The topological polar surface area (TPSA) is 77.4 Å². The first-order valence-electron chi connectivity index (χ1n) is 15.8. The number of aliphatic hydroxyl groups is 1. The van der Waals surface area contributed by atoms with Crippen LogP contribution in [-0.2, 0) is 25.7 Å². The highest BCUT2D eigenvalue weighted by Gasteiger charge is 2.36. The Morgan fingerprint density at radius 3 is 2.67 bits per heavy atom. The van der Waals surface area contributed by atoms with Crippen molar-refractivity contribution in [2.45, 2.75) is 89.9 Å². The smallest absolute Gasteiger partial charge is 0.182 e. The molecular weight excluding hydrogens is 540 g/mol. The number of aryl methyl sites for hydroxylation is 1. The SMILES string of the molecule is COc1cc2c(c3c1-c1cc(CC(C)C)c(O)cc1CC3)C[C@@H](O)[C@H](c1ccc3c(c1)O[C@H]1CCCC[C@@H]1CC#CO3)O2. The number of methoxy groups -OCH3 is 1. The van der Waals surface area contributed by atoms with Crippen LogP contribution in [0.15, 0.2) is 36.4 Å². The average molecular weight is 581 g/mol. The molecule has 0 amide bonds. The number of ether oxygens (including phenoxy) is 4. The lowest BCUT2D eigenvalue weighted by Gasteiger charge is -2.35. The molecule has 4 aliphatic rings. The number of hydrogen-bond acceptors (Lipinski definition) is 6. The first-order valence-corrected chi connectivity index (χ1v) is 15.8. The van der Waals surface area contributed by atoms with Crippen molar-refractivity contribution in [1.29, 1.82) is 0 Å². The van der Waals surface area contributed by atoms with Crippen molar-refractivity contribution in [3.8, 4) is 51.9 Å². The van der Waals surface area contributed by atoms with E-state index in [-0.39, 0.29) is 6.10 Å². The molecule has 6 heteroatoms. The molecule has 7 rings (SSSR count). The molecule has 4 atom stereocenters. The van der Waals surface area contributed by atoms with Crippen LogP contribution in [0, 0.1) is 23.9 Å². The molecule has 3 aromatic rings. The molecule has 0 saturated heterocycles. The van der Waals surface area contributed by atoms with Gasteiger partial charge in [0.2, 0.25) is 0 Å². The number of phenols is 1. The summed E-state index contributed by atoms with van der Waals surface area (Å²) in [6, 6.07) is 11.8. The van der Waals surface area contributed by atoms with Gasteiger partial charge >= 0.3 is 0 Å². The van der Waals surface area contributed by atoms with Crippen molar-refractivity contribution in [1.82, 2.24) is 0 Å². The Kier molecular flexibility index (Phi) is 7.39. The summed E-state index contributed by atoms with van der Waals surface area (Å²) in [6.07, 6.45) is 9.83. The third-order valence-electron chi connectivity index (χ3n) is 9.57. The number of benzene rings is 3. The van der Waals surface area contributed by atoms with Gasteiger partial charge in [0.05, 0.1) is 13.2 Å². The van der Waals surface area contributed by atoms with Crippen molar-refractivity contribution < 1.29 is 29.2 Å². The van der Waals surface area contributed by atoms with Crippen molar-refractivity contribution in [3.05, 3.63) is 64.2 Å². The Morgan fingerprint density at radius 1 is 0.977 bits per heavy atom. The van der Waals surface area contributed by atoms with Crippen LogP contribution in [0.5, 0.6) is 28.7 Å². The molecule has 43 heavy (non-hydrogen) atoms. The molecule has 0 aromatic heterocycles. The van der Waals surface area contributed by atoms with Crippen LogP contribution in [0.25, 0.3) is 11.1 Å². The zero-order valence-corrected chi connectivity index (χ0v) is 25.2. The molecule has 224 valence electrons. The van der Waals surface area contributed by atoms with E-state index in [9.17, 15) is 10.2 Å². The lowest BCUT2D eigenvalue weighted by atomic mass is 9.79. The van der Waals surface area contributed by atoms with Gasteiger partial charge in [0.15, 0.2) is 11.5 Å². The molecule has 2 aliphatic heterocycles. The van der Waals surface area contributed by atoms with Crippen molar-refractivity contribution in [2.24, 2.45) is 11.8 Å². The molecule has 3 aromatic carbocycles. The van der Waals surface area contributed by atoms with Crippen molar-refractivity contribution >= 4 is 0 Å². The Labute approximate surface area is 253 Å². The number of rotatable bonds is 4. The summed E-state index contributed by atoms with van der Waals surface area (Å²) in [6.45, 7) is 4.32. The Morgan fingerprint density at radius 2 is 1.84 bits per heavy atom. The van der Waals surface area contributed by atoms with Crippen molar-refractivity contribution in [2.75, 3.05) is 7.11 Å². The summed E-state index contributed by atoms with van der Waals surface area (Å²) in [5.41, 5.74) is 7.26. The maximum Gasteiger partial charge on any atom is 0.182 e. The molecule has 2 heterocycles. The van der Waals surface area contributed by atoms with Crippen LogP contribution in [0.2, 0.25) is 0 Å². The first kappa shape index (κ1) is 28.0. The van der Waals surface area contributed by atoms with E-state index in [2.05, 4.69) is 31.9 Å². The highest BCUT2D eigenvalue weighted by atomic mass is 16.5. The molecule has 6 nitrogen and oxygen atoms in total. The van der Waals surface area contributed by atoms with Crippen LogP contribution in [0.1, 0.15) is 79.9 Å². The second kappa shape index (κ2) is 11.4. The molecule has 2 aliphatic carbocycles. The largest absolute Gasteiger partial charge is 0.508 e. The Hall–Kier alpha value is -3.82. The van der Waals surface area contributed by atoms with E-state index in [0.29, 0.717) is 35.5 Å². The van der Waals surface area contributed by atoms with Crippen LogP contribution >= 0.6 is 0 Å². The van der Waals surface area contributed by atoms with Crippen molar-refractivity contribution in [3.63, 3.8) is 0 Å². The third-order valence-corrected chi connectivity index (χ3v) is 9.57. The quantitative estimate of drug-likeness (QED) is 0.321. The third kappa shape index (κ3) is 5.18. The molecule has 0 bridgehead atoms. The molecule has 1 saturated carbocycles. The van der Waals surface area contributed by atoms with Gasteiger partial charge in [0.1, 0.15) is 35.6 Å². The standard InChI is InChI=1S/C37H40O6/c1-21(2)15-25-16-27-23(17-29(25)38)10-12-26-28-19-30(39)37(43-33(28)20-35(40-3)36(26)27)24-11-13-32-34(18-24)42-31-9-5-4-7-22(31)8-6-14-41-32/h11,13,16-18,20-22,30-31,37-39H,4-5,7-10,12,15,19H2,1-3H3/t22-,30-,31+,37+/m1/s1. The molecular formula is C37H40O6. The zero-order valence-electron chi connectivity index (χ0n) is 25.2. The van der Waals surface area contributed by atoms with Crippen LogP contribution in [0.4, 0.5) is 0 Å². The second-order valence-corrected chi connectivity index (χ2v) is 12.9. The number of phenolic OH excluding ortho intramolecular Hbond substituents is 1. The van der Waals surface area contributed by atoms with Gasteiger partial charge < -0.3 is 29.2 Å². The summed E-state index contributed by atoms with van der Waals surface area (Å²) in [7, 11) is 1.69. The Bertz CT molecular complexity index is 1610. The minimum Gasteiger partial charge on any atom is -0.508 e. The predicted molar refractivity (Wildman–Crippen MR) is 165 cm³/mol. The minimum absolute atomic E-state index is 0.110. The number of aromatic hydroxyl groups is 1. The Balaban J connectivity index is 1.24. The summed E-state index contributed by atoms with van der Waals surface area (Å²) in [4.78, 5) is 0. The van der Waals surface area contributed by atoms with Gasteiger partial charge in [0, 0.05) is 36.0 Å². The van der Waals surface area contributed by atoms with Gasteiger partial charge in [-0.05, 0) is 96.5 Å². The maximum atomic E-state index is 11.5. The zero-order chi connectivity index (χ0) is 29.7. The van der Waals surface area contributed by atoms with Gasteiger partial charge in [-0.15, -0.1) is 0 Å². The molecule has 0 spiro atoms. The average Bonchev–Trinajstić information content (AvgIpc) is 3.08. The maximum absolute atomic E-state index is 11.5. The van der Waals surface area contributed by atoms with Gasteiger partial charge in [-0.1, -0.05) is 32.3 Å². The fourth-order valence-electron chi connectivity index (χ4n) is 7.46. The summed E-state index contributed by atoms with van der Waals surface area (Å²) < 4.78 is 24.9. The van der Waals surface area contributed by atoms with Crippen LogP contribution in [0.3, 0.4) is 0 Å². The fourth-order valence-corrected chi connectivity index (χ4v) is 7.46. The second-order valence-electron chi connectivity index (χ2n) is 12.9. The highest BCUT2D eigenvalue weighted by Crippen LogP contribution is 2.50. The normalized spacial score (nSPS) is 23.6. The first-order chi connectivity index (χ1) is 20.9. The van der Waals surface area contributed by atoms with Gasteiger partial charge in [-0.3, -0.25) is 0 Å². The van der Waals surface area contributed by atoms with Crippen LogP contribution in [-0.4, -0.2) is 29.5 Å². The monoisotopic (exact) mass is 580 g/mol. The molecule has 0 unspecified atom stereocenters. The molecule has 1 fully saturated rings. The summed E-state index contributed by atoms with van der Waals surface area (Å²) >= 11 is 0. The van der Waals surface area contributed by atoms with E-state index < -0.39 is 12.2 Å². The van der Waals surface area contributed by atoms with E-state index in [1.807, 2.05) is 30.3 Å². The predicted octanol–water partition coefficient (Wildman–Crippen LogP) is 7.08. The van der Waals surface area contributed by atoms with E-state index in [4.69, 9.17) is 18.9 Å². The van der Waals surface area contributed by atoms with Gasteiger partial charge in [-0.2, -0.15) is 0 Å². The summed E-state index contributed by atoms with van der Waals surface area (Å²) in [5, 5.41) is 22.2. The van der Waals surface area contributed by atoms with E-state index in [1.165, 1.54) is 6.42 Å². The van der Waals surface area contributed by atoms with E-state index in [1.54, 1.807) is 7.11 Å². The van der Waals surface area contributed by atoms with E-state index >= 15 is 0 Å².